The highest BCUT2D eigenvalue weighted by Gasteiger charge is 2.46. The maximum atomic E-state index is 11.2. The van der Waals surface area contributed by atoms with E-state index in [1.54, 1.807) is 6.92 Å². The van der Waals surface area contributed by atoms with Crippen LogP contribution < -0.4 is 0 Å². The maximum Gasteiger partial charge on any atom is 0.130 e. The van der Waals surface area contributed by atoms with E-state index in [0.29, 0.717) is 29.8 Å². The molecule has 0 aromatic heterocycles. The Balaban J connectivity index is 1.88. The molecule has 0 amide bonds. The van der Waals surface area contributed by atoms with Crippen molar-refractivity contribution < 1.29 is 9.53 Å². The van der Waals surface area contributed by atoms with E-state index in [9.17, 15) is 4.79 Å². The number of hydrogen-bond acceptors (Lipinski definition) is 2. The zero-order valence-electron chi connectivity index (χ0n) is 9.87. The lowest BCUT2D eigenvalue weighted by atomic mass is 9.85. The molecule has 2 aliphatic rings. The first kappa shape index (κ1) is 11.1. The van der Waals surface area contributed by atoms with Crippen molar-refractivity contribution in [1.29, 1.82) is 0 Å². The average molecular weight is 210 g/mol. The van der Waals surface area contributed by atoms with Crippen molar-refractivity contribution in [2.45, 2.75) is 64.6 Å². The monoisotopic (exact) mass is 210 g/mol. The smallest absolute Gasteiger partial charge is 0.130 e. The highest BCUT2D eigenvalue weighted by Crippen LogP contribution is 2.47. The molecular formula is C13H22O2. The van der Waals surface area contributed by atoms with Crippen molar-refractivity contribution in [2.75, 3.05) is 0 Å². The van der Waals surface area contributed by atoms with E-state index < -0.39 is 0 Å². The number of hydrogen-bond donors (Lipinski definition) is 0. The molecule has 0 unspecified atom stereocenters. The second-order valence-electron chi connectivity index (χ2n) is 5.24. The Labute approximate surface area is 92.4 Å². The Hall–Kier alpha value is -0.370. The molecule has 1 aliphatic carbocycles. The number of ether oxygens (including phenoxy) is 1. The van der Waals surface area contributed by atoms with E-state index in [4.69, 9.17) is 4.74 Å². The van der Waals surface area contributed by atoms with Crippen LogP contribution in [0.3, 0.4) is 0 Å². The third-order valence-corrected chi connectivity index (χ3v) is 3.94. The van der Waals surface area contributed by atoms with Crippen molar-refractivity contribution >= 4 is 5.78 Å². The highest BCUT2D eigenvalue weighted by atomic mass is 16.5. The molecule has 0 aromatic carbocycles. The number of unbranched alkanes of at least 4 members (excludes halogenated alkanes) is 1. The summed E-state index contributed by atoms with van der Waals surface area (Å²) in [6, 6.07) is 0. The van der Waals surface area contributed by atoms with Crippen LogP contribution in [0.5, 0.6) is 0 Å². The third kappa shape index (κ3) is 2.41. The molecular weight excluding hydrogens is 188 g/mol. The second-order valence-corrected chi connectivity index (χ2v) is 5.24. The molecule has 2 bridgehead atoms. The Morgan fingerprint density at radius 2 is 2.20 bits per heavy atom. The van der Waals surface area contributed by atoms with Gasteiger partial charge in [0.1, 0.15) is 5.78 Å². The van der Waals surface area contributed by atoms with Gasteiger partial charge in [0.05, 0.1) is 12.2 Å². The molecule has 0 N–H and O–H groups in total. The molecule has 1 saturated carbocycles. The summed E-state index contributed by atoms with van der Waals surface area (Å²) in [4.78, 5) is 11.2. The Kier molecular flexibility index (Phi) is 3.45. The van der Waals surface area contributed by atoms with Crippen molar-refractivity contribution in [3.63, 3.8) is 0 Å². The maximum absolute atomic E-state index is 11.2. The van der Waals surface area contributed by atoms with Crippen LogP contribution in [0.25, 0.3) is 0 Å². The number of Topliss-reactive ketones (excluding diaryl/α,β-unsaturated/α-hetero) is 1. The molecule has 1 aliphatic heterocycles. The summed E-state index contributed by atoms with van der Waals surface area (Å²) in [5.41, 5.74) is 0. The Morgan fingerprint density at radius 3 is 2.80 bits per heavy atom. The van der Waals surface area contributed by atoms with E-state index in [0.717, 1.165) is 12.8 Å². The van der Waals surface area contributed by atoms with Crippen LogP contribution in [-0.4, -0.2) is 18.0 Å². The lowest BCUT2D eigenvalue weighted by Crippen LogP contribution is -2.29. The largest absolute Gasteiger partial charge is 0.375 e. The standard InChI is InChI=1S/C13H22O2/c1-3-4-5-13-12-8-11(15-13)7-10(12)6-9(2)14/h10-13H,3-8H2,1-2H3/t10-,11+,12+,13+/m1/s1. The minimum Gasteiger partial charge on any atom is -0.375 e. The second kappa shape index (κ2) is 4.65. The number of carbonyl (C=O) groups is 1. The van der Waals surface area contributed by atoms with Gasteiger partial charge in [-0.05, 0) is 38.0 Å². The van der Waals surface area contributed by atoms with Gasteiger partial charge in [-0.25, -0.2) is 0 Å². The van der Waals surface area contributed by atoms with E-state index in [-0.39, 0.29) is 0 Å². The lowest BCUT2D eigenvalue weighted by Gasteiger charge is -2.29. The summed E-state index contributed by atoms with van der Waals surface area (Å²) in [6.45, 7) is 3.94. The average Bonchev–Trinajstić information content (AvgIpc) is 2.72. The fraction of sp³-hybridized carbons (Fsp3) is 0.923. The van der Waals surface area contributed by atoms with Gasteiger partial charge in [0.25, 0.3) is 0 Å². The molecule has 4 atom stereocenters. The van der Waals surface area contributed by atoms with E-state index in [2.05, 4.69) is 6.92 Å². The van der Waals surface area contributed by atoms with Crippen LogP contribution in [0, 0.1) is 11.8 Å². The molecule has 1 saturated heterocycles. The van der Waals surface area contributed by atoms with Crippen molar-refractivity contribution in [3.8, 4) is 0 Å². The minimum atomic E-state index is 0.349. The SMILES string of the molecule is CCCC[C@@H]1O[C@H]2C[C@@H](CC(C)=O)[C@@H]1C2. The first-order chi connectivity index (χ1) is 7.20. The molecule has 2 heteroatoms. The summed E-state index contributed by atoms with van der Waals surface area (Å²) in [6.07, 6.45) is 7.78. The van der Waals surface area contributed by atoms with E-state index in [1.807, 2.05) is 0 Å². The number of fused-ring (bicyclic) bond motifs is 2. The molecule has 15 heavy (non-hydrogen) atoms. The van der Waals surface area contributed by atoms with Gasteiger partial charge in [0, 0.05) is 6.42 Å². The molecule has 2 fully saturated rings. The van der Waals surface area contributed by atoms with Crippen LogP contribution in [0.4, 0.5) is 0 Å². The minimum absolute atomic E-state index is 0.349. The van der Waals surface area contributed by atoms with Gasteiger partial charge in [0.2, 0.25) is 0 Å². The van der Waals surface area contributed by atoms with E-state index in [1.165, 1.54) is 25.7 Å². The van der Waals surface area contributed by atoms with Crippen LogP contribution in [0.2, 0.25) is 0 Å². The van der Waals surface area contributed by atoms with Gasteiger partial charge in [-0.3, -0.25) is 0 Å². The molecule has 2 rings (SSSR count). The van der Waals surface area contributed by atoms with Gasteiger partial charge in [0.15, 0.2) is 0 Å². The third-order valence-electron chi connectivity index (χ3n) is 3.94. The van der Waals surface area contributed by atoms with Gasteiger partial charge in [-0.2, -0.15) is 0 Å². The van der Waals surface area contributed by atoms with Gasteiger partial charge in [-0.1, -0.05) is 19.8 Å². The van der Waals surface area contributed by atoms with Crippen LogP contribution >= 0.6 is 0 Å². The topological polar surface area (TPSA) is 26.3 Å². The highest BCUT2D eigenvalue weighted by molar-refractivity contribution is 5.75. The Morgan fingerprint density at radius 1 is 1.40 bits per heavy atom. The molecule has 1 heterocycles. The normalized spacial score (nSPS) is 38.5. The molecule has 0 radical (unpaired) electrons. The summed E-state index contributed by atoms with van der Waals surface area (Å²) in [7, 11) is 0. The summed E-state index contributed by atoms with van der Waals surface area (Å²) in [5, 5.41) is 0. The van der Waals surface area contributed by atoms with Crippen LogP contribution in [0.1, 0.15) is 52.4 Å². The predicted octanol–water partition coefficient (Wildman–Crippen LogP) is 2.95. The molecule has 0 spiro atoms. The number of carbonyl (C=O) groups excluding carboxylic acids is 1. The summed E-state index contributed by atoms with van der Waals surface area (Å²) >= 11 is 0. The van der Waals surface area contributed by atoms with Crippen molar-refractivity contribution in [1.82, 2.24) is 0 Å². The van der Waals surface area contributed by atoms with Gasteiger partial charge < -0.3 is 9.53 Å². The first-order valence-corrected chi connectivity index (χ1v) is 6.35. The van der Waals surface area contributed by atoms with Crippen LogP contribution in [-0.2, 0) is 9.53 Å². The van der Waals surface area contributed by atoms with Gasteiger partial charge >= 0.3 is 0 Å². The molecule has 86 valence electrons. The summed E-state index contributed by atoms with van der Waals surface area (Å²) < 4.78 is 5.96. The quantitative estimate of drug-likeness (QED) is 0.697. The fourth-order valence-electron chi connectivity index (χ4n) is 3.31. The number of rotatable bonds is 5. The first-order valence-electron chi connectivity index (χ1n) is 6.35. The fourth-order valence-corrected chi connectivity index (χ4v) is 3.31. The lowest BCUT2D eigenvalue weighted by molar-refractivity contribution is -0.119. The predicted molar refractivity (Wildman–Crippen MR) is 59.7 cm³/mol. The summed E-state index contributed by atoms with van der Waals surface area (Å²) in [5.74, 6) is 1.66. The zero-order valence-corrected chi connectivity index (χ0v) is 9.87. The Bertz CT molecular complexity index is 237. The van der Waals surface area contributed by atoms with E-state index >= 15 is 0 Å². The van der Waals surface area contributed by atoms with Crippen molar-refractivity contribution in [2.24, 2.45) is 11.8 Å². The molecule has 2 nitrogen and oxygen atoms in total. The van der Waals surface area contributed by atoms with Crippen LogP contribution in [0.15, 0.2) is 0 Å². The van der Waals surface area contributed by atoms with Crippen molar-refractivity contribution in [3.05, 3.63) is 0 Å². The zero-order chi connectivity index (χ0) is 10.8. The number of ketones is 1. The van der Waals surface area contributed by atoms with Gasteiger partial charge in [-0.15, -0.1) is 0 Å². The molecule has 0 aromatic rings.